The fourth-order valence-corrected chi connectivity index (χ4v) is 4.14. The first kappa shape index (κ1) is 19.3. The van der Waals surface area contributed by atoms with Gasteiger partial charge in [0, 0.05) is 43.1 Å². The third-order valence-electron chi connectivity index (χ3n) is 5.62. The molecule has 1 saturated heterocycles. The number of hydrogen-bond donors (Lipinski definition) is 3. The average Bonchev–Trinajstić information content (AvgIpc) is 3.44. The molecule has 5 rings (SSSR count). The Morgan fingerprint density at radius 3 is 2.77 bits per heavy atom. The molecule has 2 aromatic carbocycles. The minimum Gasteiger partial charge on any atom is -0.372 e. The van der Waals surface area contributed by atoms with Crippen molar-refractivity contribution in [3.8, 4) is 11.3 Å². The molecule has 0 unspecified atom stereocenters. The minimum absolute atomic E-state index is 0.338. The van der Waals surface area contributed by atoms with Gasteiger partial charge < -0.3 is 15.5 Å². The predicted octanol–water partition coefficient (Wildman–Crippen LogP) is 4.85. The van der Waals surface area contributed by atoms with Crippen LogP contribution in [0.15, 0.2) is 42.6 Å². The van der Waals surface area contributed by atoms with Gasteiger partial charge in [0.15, 0.2) is 0 Å². The van der Waals surface area contributed by atoms with Gasteiger partial charge >= 0.3 is 0 Å². The van der Waals surface area contributed by atoms with Crippen LogP contribution in [0.4, 0.5) is 27.5 Å². The molecule has 1 aliphatic heterocycles. The molecule has 4 aromatic rings. The van der Waals surface area contributed by atoms with Crippen LogP contribution in [0.3, 0.4) is 0 Å². The van der Waals surface area contributed by atoms with Gasteiger partial charge in [0.2, 0.25) is 5.95 Å². The summed E-state index contributed by atoms with van der Waals surface area (Å²) < 4.78 is 14.0. The quantitative estimate of drug-likeness (QED) is 0.431. The second-order valence-corrected chi connectivity index (χ2v) is 7.82. The fraction of sp³-hybridized carbons (Fsp3) is 0.261. The van der Waals surface area contributed by atoms with E-state index in [2.05, 4.69) is 60.8 Å². The van der Waals surface area contributed by atoms with Crippen molar-refractivity contribution in [2.75, 3.05) is 35.7 Å². The summed E-state index contributed by atoms with van der Waals surface area (Å²) in [6.07, 6.45) is 4.18. The van der Waals surface area contributed by atoms with Gasteiger partial charge in [-0.1, -0.05) is 12.1 Å². The lowest BCUT2D eigenvalue weighted by Gasteiger charge is -2.19. The monoisotopic (exact) mass is 417 g/mol. The Hall–Kier alpha value is -3.68. The molecule has 0 radical (unpaired) electrons. The summed E-state index contributed by atoms with van der Waals surface area (Å²) in [5, 5.41) is 14.2. The molecule has 0 atom stereocenters. The highest BCUT2D eigenvalue weighted by Crippen LogP contribution is 2.32. The zero-order valence-corrected chi connectivity index (χ0v) is 17.5. The zero-order valence-electron chi connectivity index (χ0n) is 17.5. The van der Waals surface area contributed by atoms with E-state index in [4.69, 9.17) is 0 Å². The smallest absolute Gasteiger partial charge is 0.229 e. The molecule has 0 saturated carbocycles. The number of aryl methyl sites for hydroxylation is 1. The minimum atomic E-state index is -0.338. The SMILES string of the molecule is CNc1nc(Nc2cc(C)cc(N3CCCC3)c2)ncc1-c1n[nH]c2c(F)cccc12. The number of anilines is 4. The molecule has 3 N–H and O–H groups in total. The molecule has 0 aliphatic carbocycles. The second-order valence-electron chi connectivity index (χ2n) is 7.82. The lowest BCUT2D eigenvalue weighted by Crippen LogP contribution is -2.17. The average molecular weight is 417 g/mol. The van der Waals surface area contributed by atoms with E-state index in [1.807, 2.05) is 6.07 Å². The Morgan fingerprint density at radius 2 is 1.97 bits per heavy atom. The van der Waals surface area contributed by atoms with Crippen molar-refractivity contribution < 1.29 is 4.39 Å². The highest BCUT2D eigenvalue weighted by Gasteiger charge is 2.17. The van der Waals surface area contributed by atoms with Crippen molar-refractivity contribution in [1.82, 2.24) is 20.2 Å². The van der Waals surface area contributed by atoms with Gasteiger partial charge in [0.25, 0.3) is 0 Å². The van der Waals surface area contributed by atoms with Crippen molar-refractivity contribution in [2.45, 2.75) is 19.8 Å². The first-order valence-electron chi connectivity index (χ1n) is 10.4. The molecule has 1 aliphatic rings. The van der Waals surface area contributed by atoms with Crippen LogP contribution in [0.1, 0.15) is 18.4 Å². The first-order valence-corrected chi connectivity index (χ1v) is 10.4. The van der Waals surface area contributed by atoms with Gasteiger partial charge in [0.1, 0.15) is 22.8 Å². The van der Waals surface area contributed by atoms with E-state index in [9.17, 15) is 4.39 Å². The number of benzene rings is 2. The molecule has 2 aromatic heterocycles. The van der Waals surface area contributed by atoms with E-state index in [0.29, 0.717) is 33.9 Å². The third kappa shape index (κ3) is 3.65. The van der Waals surface area contributed by atoms with Crippen molar-refractivity contribution >= 4 is 34.0 Å². The van der Waals surface area contributed by atoms with E-state index in [1.54, 1.807) is 19.3 Å². The van der Waals surface area contributed by atoms with Crippen LogP contribution in [0.5, 0.6) is 0 Å². The fourth-order valence-electron chi connectivity index (χ4n) is 4.14. The van der Waals surface area contributed by atoms with Crippen molar-refractivity contribution in [3.63, 3.8) is 0 Å². The Balaban J connectivity index is 1.47. The molecule has 31 heavy (non-hydrogen) atoms. The maximum absolute atomic E-state index is 14.0. The van der Waals surface area contributed by atoms with Crippen molar-refractivity contribution in [3.05, 3.63) is 54.0 Å². The Kier molecular flexibility index (Phi) is 4.89. The summed E-state index contributed by atoms with van der Waals surface area (Å²) in [6, 6.07) is 11.3. The molecular weight excluding hydrogens is 393 g/mol. The first-order chi connectivity index (χ1) is 15.1. The molecule has 0 amide bonds. The second kappa shape index (κ2) is 7.86. The van der Waals surface area contributed by atoms with E-state index in [-0.39, 0.29) is 5.82 Å². The molecule has 158 valence electrons. The van der Waals surface area contributed by atoms with E-state index < -0.39 is 0 Å². The van der Waals surface area contributed by atoms with Gasteiger partial charge in [-0.2, -0.15) is 10.1 Å². The lowest BCUT2D eigenvalue weighted by molar-refractivity contribution is 0.636. The summed E-state index contributed by atoms with van der Waals surface area (Å²) in [6.45, 7) is 4.28. The highest BCUT2D eigenvalue weighted by atomic mass is 19.1. The lowest BCUT2D eigenvalue weighted by atomic mass is 10.1. The Bertz CT molecular complexity index is 1240. The van der Waals surface area contributed by atoms with Crippen LogP contribution < -0.4 is 15.5 Å². The van der Waals surface area contributed by atoms with Gasteiger partial charge in [-0.25, -0.2) is 9.37 Å². The zero-order chi connectivity index (χ0) is 21.4. The highest BCUT2D eigenvalue weighted by molar-refractivity contribution is 5.95. The number of aromatic amines is 1. The van der Waals surface area contributed by atoms with Crippen LogP contribution in [-0.4, -0.2) is 40.3 Å². The maximum Gasteiger partial charge on any atom is 0.229 e. The number of H-pyrrole nitrogens is 1. The topological polar surface area (TPSA) is 81.8 Å². The van der Waals surface area contributed by atoms with Crippen molar-refractivity contribution in [2.24, 2.45) is 0 Å². The number of para-hydroxylation sites is 1. The van der Waals surface area contributed by atoms with Crippen LogP contribution in [-0.2, 0) is 0 Å². The Labute approximate surface area is 179 Å². The van der Waals surface area contributed by atoms with Gasteiger partial charge in [-0.15, -0.1) is 0 Å². The molecule has 3 heterocycles. The summed E-state index contributed by atoms with van der Waals surface area (Å²) in [5.74, 6) is 0.759. The normalized spacial score (nSPS) is 13.7. The van der Waals surface area contributed by atoms with E-state index in [1.165, 1.54) is 30.2 Å². The molecule has 0 bridgehead atoms. The number of hydrogen-bond acceptors (Lipinski definition) is 6. The summed E-state index contributed by atoms with van der Waals surface area (Å²) >= 11 is 0. The van der Waals surface area contributed by atoms with Crippen LogP contribution in [0.2, 0.25) is 0 Å². The number of halogens is 1. The largest absolute Gasteiger partial charge is 0.372 e. The number of aromatic nitrogens is 4. The van der Waals surface area contributed by atoms with E-state index >= 15 is 0 Å². The maximum atomic E-state index is 14.0. The summed E-state index contributed by atoms with van der Waals surface area (Å²) in [7, 11) is 1.79. The molecule has 7 nitrogen and oxygen atoms in total. The summed E-state index contributed by atoms with van der Waals surface area (Å²) in [5.41, 5.74) is 5.03. The molecule has 1 fully saturated rings. The third-order valence-corrected chi connectivity index (χ3v) is 5.62. The standard InChI is InChI=1S/C23H24FN7/c1-14-10-15(12-16(11-14)31-8-3-4-9-31)27-23-26-13-18(22(25-2)28-23)20-17-6-5-7-19(24)21(17)30-29-20/h5-7,10-13H,3-4,8-9H2,1-2H3,(H,29,30)(H2,25,26,27,28). The number of fused-ring (bicyclic) bond motifs is 1. The Morgan fingerprint density at radius 1 is 1.13 bits per heavy atom. The number of nitrogens with one attached hydrogen (secondary N) is 3. The molecule has 0 spiro atoms. The molecular formula is C23H24FN7. The molecule has 8 heteroatoms. The van der Waals surface area contributed by atoms with Crippen LogP contribution >= 0.6 is 0 Å². The van der Waals surface area contributed by atoms with E-state index in [0.717, 1.165) is 18.8 Å². The number of nitrogens with zero attached hydrogens (tertiary/aromatic N) is 4. The van der Waals surface area contributed by atoms with Gasteiger partial charge in [0.05, 0.1) is 5.56 Å². The van der Waals surface area contributed by atoms with Crippen LogP contribution in [0, 0.1) is 12.7 Å². The van der Waals surface area contributed by atoms with Crippen LogP contribution in [0.25, 0.3) is 22.2 Å². The number of rotatable bonds is 5. The van der Waals surface area contributed by atoms with Gasteiger partial charge in [-0.05, 0) is 49.6 Å². The predicted molar refractivity (Wildman–Crippen MR) is 123 cm³/mol. The van der Waals surface area contributed by atoms with Crippen molar-refractivity contribution in [1.29, 1.82) is 0 Å². The van der Waals surface area contributed by atoms with Gasteiger partial charge in [-0.3, -0.25) is 5.10 Å². The summed E-state index contributed by atoms with van der Waals surface area (Å²) in [4.78, 5) is 11.5.